The fourth-order valence-corrected chi connectivity index (χ4v) is 4.09. The third-order valence-corrected chi connectivity index (χ3v) is 5.66. The molecule has 0 atom stereocenters. The number of ether oxygens (including phenoxy) is 2. The zero-order chi connectivity index (χ0) is 23.2. The molecule has 0 aliphatic carbocycles. The quantitative estimate of drug-likeness (QED) is 0.342. The monoisotopic (exact) mass is 488 g/mol. The van der Waals surface area contributed by atoms with E-state index in [9.17, 15) is 4.79 Å². The van der Waals surface area contributed by atoms with Crippen molar-refractivity contribution in [3.63, 3.8) is 0 Å². The number of thiazole rings is 1. The van der Waals surface area contributed by atoms with Gasteiger partial charge in [-0.1, -0.05) is 22.9 Å². The molecule has 0 spiro atoms. The largest absolute Gasteiger partial charge is 0.382 e. The van der Waals surface area contributed by atoms with E-state index in [-0.39, 0.29) is 0 Å². The van der Waals surface area contributed by atoms with E-state index >= 15 is 0 Å². The van der Waals surface area contributed by atoms with Crippen LogP contribution >= 0.6 is 22.9 Å². The maximum Gasteiger partial charge on any atom is 0.323 e. The van der Waals surface area contributed by atoms with Crippen molar-refractivity contribution in [3.8, 4) is 5.82 Å². The van der Waals surface area contributed by atoms with Crippen LogP contribution in [0, 0.1) is 6.92 Å². The van der Waals surface area contributed by atoms with Gasteiger partial charge in [-0.05, 0) is 13.0 Å². The van der Waals surface area contributed by atoms with E-state index in [1.807, 2.05) is 6.92 Å². The number of aryl methyl sites for hydroxylation is 1. The predicted octanol–water partition coefficient (Wildman–Crippen LogP) is 3.48. The average Bonchev–Trinajstić information content (AvgIpc) is 3.44. The van der Waals surface area contributed by atoms with Gasteiger partial charge in [0.15, 0.2) is 5.82 Å². The highest BCUT2D eigenvalue weighted by molar-refractivity contribution is 7.18. The third-order valence-electron chi connectivity index (χ3n) is 4.50. The van der Waals surface area contributed by atoms with Gasteiger partial charge in [0, 0.05) is 19.1 Å². The van der Waals surface area contributed by atoms with Crippen molar-refractivity contribution < 1.29 is 14.3 Å². The molecule has 33 heavy (non-hydrogen) atoms. The lowest BCUT2D eigenvalue weighted by molar-refractivity contribution is 0.0724. The number of hydrogen-bond donors (Lipinski definition) is 2. The maximum absolute atomic E-state index is 12.7. The molecular weight excluding hydrogens is 468 g/mol. The molecule has 4 heterocycles. The first-order chi connectivity index (χ1) is 16.0. The second-order valence-electron chi connectivity index (χ2n) is 6.82. The molecule has 4 rings (SSSR count). The molecule has 0 saturated carbocycles. The number of rotatable bonds is 9. The van der Waals surface area contributed by atoms with E-state index in [1.54, 1.807) is 19.4 Å². The number of halogens is 1. The molecule has 2 amide bonds. The Hall–Kier alpha value is -3.19. The second kappa shape index (κ2) is 10.6. The number of urea groups is 1. The number of nitrogens with one attached hydrogen (secondary N) is 2. The van der Waals surface area contributed by atoms with Crippen molar-refractivity contribution >= 4 is 50.7 Å². The zero-order valence-electron chi connectivity index (χ0n) is 17.9. The molecule has 11 nitrogen and oxygen atoms in total. The molecule has 0 radical (unpaired) electrons. The van der Waals surface area contributed by atoms with Crippen LogP contribution in [0.15, 0.2) is 30.9 Å². The van der Waals surface area contributed by atoms with E-state index in [0.29, 0.717) is 48.5 Å². The van der Waals surface area contributed by atoms with E-state index in [2.05, 4.69) is 35.8 Å². The second-order valence-corrected chi connectivity index (χ2v) is 8.41. The Morgan fingerprint density at radius 2 is 1.97 bits per heavy atom. The summed E-state index contributed by atoms with van der Waals surface area (Å²) in [7, 11) is 1.62. The first-order valence-corrected chi connectivity index (χ1v) is 11.2. The number of hydrogen-bond acceptors (Lipinski definition) is 9. The highest BCUT2D eigenvalue weighted by Crippen LogP contribution is 2.29. The predicted molar refractivity (Wildman–Crippen MR) is 125 cm³/mol. The number of pyridine rings is 2. The van der Waals surface area contributed by atoms with Gasteiger partial charge in [0.05, 0.1) is 66.0 Å². The lowest BCUT2D eigenvalue weighted by atomic mass is 10.1. The first kappa shape index (κ1) is 23.0. The molecule has 2 N–H and O–H groups in total. The number of amides is 2. The smallest absolute Gasteiger partial charge is 0.323 e. The van der Waals surface area contributed by atoms with Crippen LogP contribution in [0.25, 0.3) is 16.2 Å². The Labute approximate surface area is 198 Å². The standard InChI is InChI=1S/C20H21ClN8O3S/c1-12-26-17-14(3-6-32-8-7-31-2)16(11-23-19(17)33-12)28-20(30)27-13-9-15(21)18(22-10-13)29-24-4-5-25-29/h4-5,9-11H,3,6-8H2,1-2H3,(H2,27,28,30). The topological polar surface area (TPSA) is 129 Å². The molecular formula is C20H21ClN8O3S. The summed E-state index contributed by atoms with van der Waals surface area (Å²) in [6, 6.07) is 1.11. The van der Waals surface area contributed by atoms with Crippen LogP contribution in [0.2, 0.25) is 5.02 Å². The molecule has 13 heteroatoms. The summed E-state index contributed by atoms with van der Waals surface area (Å²) >= 11 is 7.77. The number of carbonyl (C=O) groups is 1. The number of carbonyl (C=O) groups excluding carboxylic acids is 1. The Morgan fingerprint density at radius 3 is 2.73 bits per heavy atom. The molecule has 0 aliphatic rings. The van der Waals surface area contributed by atoms with Crippen molar-refractivity contribution in [1.29, 1.82) is 0 Å². The normalized spacial score (nSPS) is 11.1. The first-order valence-electron chi connectivity index (χ1n) is 9.97. The summed E-state index contributed by atoms with van der Waals surface area (Å²) in [4.78, 5) is 28.1. The van der Waals surface area contributed by atoms with Crippen molar-refractivity contribution in [2.45, 2.75) is 13.3 Å². The minimum absolute atomic E-state index is 0.291. The number of fused-ring (bicyclic) bond motifs is 1. The summed E-state index contributed by atoms with van der Waals surface area (Å²) in [6.45, 7) is 3.38. The van der Waals surface area contributed by atoms with Crippen molar-refractivity contribution in [3.05, 3.63) is 46.4 Å². The van der Waals surface area contributed by atoms with E-state index < -0.39 is 6.03 Å². The Bertz CT molecular complexity index is 1250. The molecule has 172 valence electrons. The van der Waals surface area contributed by atoms with Crippen molar-refractivity contribution in [2.24, 2.45) is 0 Å². The van der Waals surface area contributed by atoms with Gasteiger partial charge in [0.2, 0.25) is 0 Å². The molecule has 4 aromatic rings. The van der Waals surface area contributed by atoms with Gasteiger partial charge in [0.25, 0.3) is 0 Å². The summed E-state index contributed by atoms with van der Waals surface area (Å²) < 4.78 is 10.6. The van der Waals surface area contributed by atoms with Crippen LogP contribution < -0.4 is 10.6 Å². The van der Waals surface area contributed by atoms with Gasteiger partial charge in [-0.2, -0.15) is 10.2 Å². The van der Waals surface area contributed by atoms with E-state index in [4.69, 9.17) is 21.1 Å². The van der Waals surface area contributed by atoms with Gasteiger partial charge >= 0.3 is 6.03 Å². The molecule has 0 saturated heterocycles. The van der Waals surface area contributed by atoms with Gasteiger partial charge in [0.1, 0.15) is 10.3 Å². The van der Waals surface area contributed by atoms with Crippen LogP contribution in [-0.4, -0.2) is 62.9 Å². The molecule has 0 fully saturated rings. The fourth-order valence-electron chi connectivity index (χ4n) is 3.06. The molecule has 4 aromatic heterocycles. The average molecular weight is 489 g/mol. The number of aromatic nitrogens is 6. The molecule has 0 bridgehead atoms. The van der Waals surface area contributed by atoms with Gasteiger partial charge in [-0.15, -0.1) is 4.80 Å². The van der Waals surface area contributed by atoms with Gasteiger partial charge in [-0.3, -0.25) is 0 Å². The summed E-state index contributed by atoms with van der Waals surface area (Å²) in [5.41, 5.74) is 2.58. The maximum atomic E-state index is 12.7. The van der Waals surface area contributed by atoms with Crippen LogP contribution in [0.4, 0.5) is 16.2 Å². The third kappa shape index (κ3) is 5.60. The van der Waals surface area contributed by atoms with Crippen LogP contribution in [0.5, 0.6) is 0 Å². The highest BCUT2D eigenvalue weighted by Gasteiger charge is 2.16. The highest BCUT2D eigenvalue weighted by atomic mass is 35.5. The number of methoxy groups -OCH3 is 1. The van der Waals surface area contributed by atoms with Crippen LogP contribution in [0.3, 0.4) is 0 Å². The summed E-state index contributed by atoms with van der Waals surface area (Å²) in [5.74, 6) is 0.358. The Balaban J connectivity index is 1.49. The van der Waals surface area contributed by atoms with E-state index in [0.717, 1.165) is 20.9 Å². The summed E-state index contributed by atoms with van der Waals surface area (Å²) in [5, 5.41) is 14.8. The van der Waals surface area contributed by atoms with E-state index in [1.165, 1.54) is 34.7 Å². The van der Waals surface area contributed by atoms with Gasteiger partial charge in [-0.25, -0.2) is 19.7 Å². The minimum atomic E-state index is -0.465. The number of anilines is 2. The molecule has 0 aromatic carbocycles. The van der Waals surface area contributed by atoms with Crippen molar-refractivity contribution in [1.82, 2.24) is 29.9 Å². The Kier molecular flexibility index (Phi) is 7.40. The summed E-state index contributed by atoms with van der Waals surface area (Å²) in [6.07, 6.45) is 6.70. The molecule has 0 aliphatic heterocycles. The van der Waals surface area contributed by atoms with Crippen LogP contribution in [-0.2, 0) is 15.9 Å². The molecule has 0 unspecified atom stereocenters. The Morgan fingerprint density at radius 1 is 1.15 bits per heavy atom. The number of nitrogens with zero attached hydrogens (tertiary/aromatic N) is 6. The zero-order valence-corrected chi connectivity index (χ0v) is 19.5. The fraction of sp³-hybridized carbons (Fsp3) is 0.300. The SMILES string of the molecule is COCCOCCc1c(NC(=O)Nc2cnc(-n3nccn3)c(Cl)c2)cnc2sc(C)nc12. The van der Waals surface area contributed by atoms with Crippen LogP contribution in [0.1, 0.15) is 10.6 Å². The van der Waals surface area contributed by atoms with Gasteiger partial charge < -0.3 is 20.1 Å². The minimum Gasteiger partial charge on any atom is -0.382 e. The van der Waals surface area contributed by atoms with Crippen molar-refractivity contribution in [2.75, 3.05) is 37.6 Å². The lowest BCUT2D eigenvalue weighted by Crippen LogP contribution is -2.21. The lowest BCUT2D eigenvalue weighted by Gasteiger charge is -2.13.